The van der Waals surface area contributed by atoms with Crippen molar-refractivity contribution in [1.29, 1.82) is 5.26 Å². The van der Waals surface area contributed by atoms with Crippen molar-refractivity contribution in [2.75, 3.05) is 0 Å². The van der Waals surface area contributed by atoms with Crippen molar-refractivity contribution < 1.29 is 4.79 Å². The standard InChI is InChI=1S/C14H11N3O/c1-9-2-4-11(6-12(9)14(16)18)13-5-3-10(7-15)8-17-13/h2-6,8H,1H3,(H2,16,18). The molecule has 0 bridgehead atoms. The van der Waals surface area contributed by atoms with Gasteiger partial charge in [0.05, 0.1) is 11.3 Å². The van der Waals surface area contributed by atoms with Gasteiger partial charge in [0.2, 0.25) is 5.91 Å². The van der Waals surface area contributed by atoms with Gasteiger partial charge < -0.3 is 5.73 Å². The fourth-order valence-electron chi connectivity index (χ4n) is 1.68. The number of carbonyl (C=O) groups is 1. The summed E-state index contributed by atoms with van der Waals surface area (Å²) in [5.74, 6) is -0.456. The second-order valence-electron chi connectivity index (χ2n) is 3.94. The van der Waals surface area contributed by atoms with Gasteiger partial charge in [-0.1, -0.05) is 12.1 Å². The number of benzene rings is 1. The maximum absolute atomic E-state index is 11.3. The van der Waals surface area contributed by atoms with Crippen LogP contribution in [0.15, 0.2) is 36.5 Å². The van der Waals surface area contributed by atoms with E-state index in [1.807, 2.05) is 25.1 Å². The largest absolute Gasteiger partial charge is 0.366 e. The van der Waals surface area contributed by atoms with Gasteiger partial charge in [-0.3, -0.25) is 9.78 Å². The van der Waals surface area contributed by atoms with Crippen LogP contribution in [0.5, 0.6) is 0 Å². The topological polar surface area (TPSA) is 79.8 Å². The molecule has 88 valence electrons. The van der Waals surface area contributed by atoms with Crippen molar-refractivity contribution in [3.63, 3.8) is 0 Å². The average molecular weight is 237 g/mol. The Morgan fingerprint density at radius 1 is 1.33 bits per heavy atom. The number of nitriles is 1. The molecule has 4 heteroatoms. The van der Waals surface area contributed by atoms with Crippen LogP contribution in [0.2, 0.25) is 0 Å². The molecule has 1 aromatic heterocycles. The number of aryl methyl sites for hydroxylation is 1. The van der Waals surface area contributed by atoms with Gasteiger partial charge in [-0.2, -0.15) is 5.26 Å². The zero-order valence-electron chi connectivity index (χ0n) is 9.84. The fourth-order valence-corrected chi connectivity index (χ4v) is 1.68. The molecule has 2 aromatic rings. The van der Waals surface area contributed by atoms with Crippen molar-refractivity contribution in [2.45, 2.75) is 6.92 Å². The number of pyridine rings is 1. The summed E-state index contributed by atoms with van der Waals surface area (Å²) in [7, 11) is 0. The van der Waals surface area contributed by atoms with Crippen LogP contribution in [-0.2, 0) is 0 Å². The van der Waals surface area contributed by atoms with Gasteiger partial charge in [-0.25, -0.2) is 0 Å². The van der Waals surface area contributed by atoms with E-state index < -0.39 is 5.91 Å². The third-order valence-electron chi connectivity index (χ3n) is 2.69. The Bertz CT molecular complexity index is 639. The quantitative estimate of drug-likeness (QED) is 0.867. The van der Waals surface area contributed by atoms with E-state index in [4.69, 9.17) is 11.0 Å². The Labute approximate surface area is 105 Å². The zero-order chi connectivity index (χ0) is 13.1. The monoisotopic (exact) mass is 237 g/mol. The van der Waals surface area contributed by atoms with Crippen molar-refractivity contribution in [2.24, 2.45) is 5.73 Å². The SMILES string of the molecule is Cc1ccc(-c2ccc(C#N)cn2)cc1C(N)=O. The molecule has 0 aliphatic rings. The minimum Gasteiger partial charge on any atom is -0.366 e. The molecule has 0 spiro atoms. The second-order valence-corrected chi connectivity index (χ2v) is 3.94. The summed E-state index contributed by atoms with van der Waals surface area (Å²) >= 11 is 0. The van der Waals surface area contributed by atoms with E-state index in [2.05, 4.69) is 4.98 Å². The first-order chi connectivity index (χ1) is 8.61. The van der Waals surface area contributed by atoms with E-state index in [1.54, 1.807) is 18.2 Å². The second kappa shape index (κ2) is 4.68. The maximum Gasteiger partial charge on any atom is 0.248 e. The van der Waals surface area contributed by atoms with Crippen molar-refractivity contribution in [3.05, 3.63) is 53.2 Å². The Morgan fingerprint density at radius 2 is 2.11 bits per heavy atom. The molecule has 0 saturated heterocycles. The van der Waals surface area contributed by atoms with E-state index in [1.165, 1.54) is 6.20 Å². The summed E-state index contributed by atoms with van der Waals surface area (Å²) in [6, 6.07) is 10.9. The molecule has 1 amide bonds. The van der Waals surface area contributed by atoms with E-state index in [0.717, 1.165) is 11.1 Å². The van der Waals surface area contributed by atoms with Crippen LogP contribution in [-0.4, -0.2) is 10.9 Å². The Hall–Kier alpha value is -2.67. The molecule has 18 heavy (non-hydrogen) atoms. The average Bonchev–Trinajstić information content (AvgIpc) is 2.39. The third-order valence-corrected chi connectivity index (χ3v) is 2.69. The van der Waals surface area contributed by atoms with Crippen LogP contribution in [0.25, 0.3) is 11.3 Å². The molecule has 2 N–H and O–H groups in total. The minimum absolute atomic E-state index is 0.456. The highest BCUT2D eigenvalue weighted by Crippen LogP contribution is 2.20. The fraction of sp³-hybridized carbons (Fsp3) is 0.0714. The molecule has 1 aromatic carbocycles. The summed E-state index contributed by atoms with van der Waals surface area (Å²) < 4.78 is 0. The summed E-state index contributed by atoms with van der Waals surface area (Å²) in [5.41, 5.74) is 8.63. The molecule has 0 aliphatic heterocycles. The number of rotatable bonds is 2. The van der Waals surface area contributed by atoms with Gasteiger partial charge in [-0.15, -0.1) is 0 Å². The number of nitrogens with two attached hydrogens (primary N) is 1. The van der Waals surface area contributed by atoms with Crippen molar-refractivity contribution in [1.82, 2.24) is 4.98 Å². The molecule has 2 rings (SSSR count). The molecule has 0 aliphatic carbocycles. The summed E-state index contributed by atoms with van der Waals surface area (Å²) in [6.45, 7) is 1.83. The Kier molecular flexibility index (Phi) is 3.07. The number of nitrogens with zero attached hydrogens (tertiary/aromatic N) is 2. The molecule has 0 atom stereocenters. The van der Waals surface area contributed by atoms with Crippen LogP contribution < -0.4 is 5.73 Å². The van der Waals surface area contributed by atoms with Crippen LogP contribution in [0.1, 0.15) is 21.5 Å². The van der Waals surface area contributed by atoms with E-state index in [-0.39, 0.29) is 0 Å². The first kappa shape index (κ1) is 11.8. The molecular formula is C14H11N3O. The van der Waals surface area contributed by atoms with Gasteiger partial charge in [0, 0.05) is 17.3 Å². The number of aromatic nitrogens is 1. The lowest BCUT2D eigenvalue weighted by Crippen LogP contribution is -2.12. The van der Waals surface area contributed by atoms with Gasteiger partial charge in [0.1, 0.15) is 6.07 Å². The highest BCUT2D eigenvalue weighted by Gasteiger charge is 2.07. The molecule has 4 nitrogen and oxygen atoms in total. The van der Waals surface area contributed by atoms with Crippen molar-refractivity contribution in [3.8, 4) is 17.3 Å². The van der Waals surface area contributed by atoms with Gasteiger partial charge in [0.25, 0.3) is 0 Å². The lowest BCUT2D eigenvalue weighted by molar-refractivity contribution is 0.1000. The van der Waals surface area contributed by atoms with E-state index in [0.29, 0.717) is 16.8 Å². The minimum atomic E-state index is -0.456. The summed E-state index contributed by atoms with van der Waals surface area (Å²) in [6.07, 6.45) is 1.50. The molecular weight excluding hydrogens is 226 g/mol. The first-order valence-electron chi connectivity index (χ1n) is 5.39. The Balaban J connectivity index is 2.48. The predicted octanol–water partition coefficient (Wildman–Crippen LogP) is 2.03. The van der Waals surface area contributed by atoms with Gasteiger partial charge in [-0.05, 0) is 30.7 Å². The zero-order valence-corrected chi connectivity index (χ0v) is 9.84. The van der Waals surface area contributed by atoms with Crippen molar-refractivity contribution >= 4 is 5.91 Å². The highest BCUT2D eigenvalue weighted by molar-refractivity contribution is 5.95. The maximum atomic E-state index is 11.3. The van der Waals surface area contributed by atoms with Crippen LogP contribution in [0.3, 0.4) is 0 Å². The number of primary amides is 1. The molecule has 0 saturated carbocycles. The molecule has 1 heterocycles. The Morgan fingerprint density at radius 3 is 2.67 bits per heavy atom. The molecule has 0 unspecified atom stereocenters. The molecule has 0 radical (unpaired) electrons. The number of hydrogen-bond donors (Lipinski definition) is 1. The normalized spacial score (nSPS) is 9.78. The molecule has 0 fully saturated rings. The summed E-state index contributed by atoms with van der Waals surface area (Å²) in [5, 5.41) is 8.70. The lowest BCUT2D eigenvalue weighted by Gasteiger charge is -2.05. The van der Waals surface area contributed by atoms with Crippen LogP contribution in [0, 0.1) is 18.3 Å². The van der Waals surface area contributed by atoms with Crippen LogP contribution in [0.4, 0.5) is 0 Å². The third kappa shape index (κ3) is 2.20. The number of amides is 1. The van der Waals surface area contributed by atoms with E-state index in [9.17, 15) is 4.79 Å². The number of carbonyl (C=O) groups excluding carboxylic acids is 1. The van der Waals surface area contributed by atoms with Gasteiger partial charge >= 0.3 is 0 Å². The summed E-state index contributed by atoms with van der Waals surface area (Å²) in [4.78, 5) is 15.4. The van der Waals surface area contributed by atoms with Gasteiger partial charge in [0.15, 0.2) is 0 Å². The van der Waals surface area contributed by atoms with E-state index >= 15 is 0 Å². The highest BCUT2D eigenvalue weighted by atomic mass is 16.1. The van der Waals surface area contributed by atoms with Crippen LogP contribution >= 0.6 is 0 Å². The predicted molar refractivity (Wildman–Crippen MR) is 67.6 cm³/mol. The first-order valence-corrected chi connectivity index (χ1v) is 5.39. The smallest absolute Gasteiger partial charge is 0.248 e. The number of hydrogen-bond acceptors (Lipinski definition) is 3. The lowest BCUT2D eigenvalue weighted by atomic mass is 10.0.